The van der Waals surface area contributed by atoms with Gasteiger partial charge in [-0.05, 0) is 26.0 Å². The molecule has 0 unspecified atom stereocenters. The molecule has 128 valence electrons. The van der Waals surface area contributed by atoms with Crippen molar-refractivity contribution >= 4 is 5.91 Å². The molecule has 1 amide bonds. The number of ether oxygens (including phenoxy) is 1. The van der Waals surface area contributed by atoms with E-state index >= 15 is 0 Å². The fourth-order valence-corrected chi connectivity index (χ4v) is 3.59. The predicted molar refractivity (Wildman–Crippen MR) is 90.9 cm³/mol. The summed E-state index contributed by atoms with van der Waals surface area (Å²) in [5, 5.41) is 4.37. The van der Waals surface area contributed by atoms with Gasteiger partial charge in [0.25, 0.3) is 5.91 Å². The minimum Gasteiger partial charge on any atom is -0.384 e. The van der Waals surface area contributed by atoms with Crippen molar-refractivity contribution in [2.75, 3.05) is 26.8 Å². The normalized spacial score (nSPS) is 20.6. The van der Waals surface area contributed by atoms with E-state index < -0.39 is 0 Å². The highest BCUT2D eigenvalue weighted by atomic mass is 16.5. The van der Waals surface area contributed by atoms with Crippen LogP contribution in [0.15, 0.2) is 24.4 Å². The molecule has 2 aromatic heterocycles. The van der Waals surface area contributed by atoms with Crippen molar-refractivity contribution in [2.24, 2.45) is 13.0 Å². The molecular formula is C18H24N4O2. The molecule has 0 aromatic carbocycles. The lowest BCUT2D eigenvalue weighted by Gasteiger charge is -2.16. The van der Waals surface area contributed by atoms with Crippen LogP contribution >= 0.6 is 0 Å². The van der Waals surface area contributed by atoms with E-state index in [9.17, 15) is 4.79 Å². The number of amides is 1. The van der Waals surface area contributed by atoms with Crippen LogP contribution in [0.2, 0.25) is 0 Å². The van der Waals surface area contributed by atoms with Crippen LogP contribution < -0.4 is 0 Å². The van der Waals surface area contributed by atoms with Crippen molar-refractivity contribution < 1.29 is 9.53 Å². The molecule has 2 aromatic rings. The van der Waals surface area contributed by atoms with Gasteiger partial charge in [0.15, 0.2) is 0 Å². The molecule has 1 aliphatic rings. The van der Waals surface area contributed by atoms with Crippen molar-refractivity contribution in [3.63, 3.8) is 0 Å². The van der Waals surface area contributed by atoms with Gasteiger partial charge >= 0.3 is 0 Å². The van der Waals surface area contributed by atoms with E-state index in [2.05, 4.69) is 10.1 Å². The molecule has 2 atom stereocenters. The van der Waals surface area contributed by atoms with Crippen molar-refractivity contribution in [3.05, 3.63) is 47.0 Å². The SMILES string of the molecule is COC[C@@H]1CN(C(=O)c2c(C)nn(C)c2C)C[C@H]1c1ccccn1. The van der Waals surface area contributed by atoms with Gasteiger partial charge in [0.05, 0.1) is 17.9 Å². The summed E-state index contributed by atoms with van der Waals surface area (Å²) < 4.78 is 7.15. The summed E-state index contributed by atoms with van der Waals surface area (Å²) >= 11 is 0. The van der Waals surface area contributed by atoms with Crippen LogP contribution in [-0.4, -0.2) is 52.4 Å². The Morgan fingerprint density at radius 2 is 2.12 bits per heavy atom. The minimum atomic E-state index is 0.0534. The number of methoxy groups -OCH3 is 1. The zero-order chi connectivity index (χ0) is 17.3. The average Bonchev–Trinajstić information content (AvgIpc) is 3.10. The van der Waals surface area contributed by atoms with E-state index in [-0.39, 0.29) is 17.7 Å². The Hall–Kier alpha value is -2.21. The molecule has 0 aliphatic carbocycles. The zero-order valence-corrected chi connectivity index (χ0v) is 14.7. The molecule has 1 saturated heterocycles. The first kappa shape index (κ1) is 16.6. The first-order chi connectivity index (χ1) is 11.5. The summed E-state index contributed by atoms with van der Waals surface area (Å²) in [7, 11) is 3.57. The highest BCUT2D eigenvalue weighted by Crippen LogP contribution is 2.33. The van der Waals surface area contributed by atoms with Crippen molar-refractivity contribution in [2.45, 2.75) is 19.8 Å². The molecule has 1 aliphatic heterocycles. The second-order valence-electron chi connectivity index (χ2n) is 6.46. The molecule has 0 N–H and O–H groups in total. The molecule has 3 rings (SSSR count). The summed E-state index contributed by atoms with van der Waals surface area (Å²) in [6, 6.07) is 5.93. The fourth-order valence-electron chi connectivity index (χ4n) is 3.59. The van der Waals surface area contributed by atoms with Crippen LogP contribution in [0.5, 0.6) is 0 Å². The second kappa shape index (κ2) is 6.73. The molecule has 0 saturated carbocycles. The molecule has 0 spiro atoms. The van der Waals surface area contributed by atoms with Gasteiger partial charge in [-0.1, -0.05) is 6.07 Å². The van der Waals surface area contributed by atoms with E-state index in [1.54, 1.807) is 18.0 Å². The molecule has 6 nitrogen and oxygen atoms in total. The summed E-state index contributed by atoms with van der Waals surface area (Å²) in [4.78, 5) is 19.4. The van der Waals surface area contributed by atoms with E-state index in [1.807, 2.05) is 44.0 Å². The maximum Gasteiger partial charge on any atom is 0.257 e. The number of rotatable bonds is 4. The van der Waals surface area contributed by atoms with E-state index in [1.165, 1.54) is 0 Å². The lowest BCUT2D eigenvalue weighted by molar-refractivity contribution is 0.0774. The Bertz CT molecular complexity index is 726. The van der Waals surface area contributed by atoms with Crippen LogP contribution in [0.25, 0.3) is 0 Å². The van der Waals surface area contributed by atoms with Crippen molar-refractivity contribution in [1.82, 2.24) is 19.7 Å². The Morgan fingerprint density at radius 1 is 1.33 bits per heavy atom. The molecule has 24 heavy (non-hydrogen) atoms. The minimum absolute atomic E-state index is 0.0534. The molecule has 3 heterocycles. The Kier molecular flexibility index (Phi) is 4.66. The summed E-state index contributed by atoms with van der Waals surface area (Å²) in [5.41, 5.74) is 3.43. The Morgan fingerprint density at radius 3 is 2.71 bits per heavy atom. The quantitative estimate of drug-likeness (QED) is 0.860. The molecule has 1 fully saturated rings. The third kappa shape index (κ3) is 2.94. The number of likely N-dealkylation sites (tertiary alicyclic amines) is 1. The van der Waals surface area contributed by atoms with Gasteiger partial charge in [0, 0.05) is 56.7 Å². The lowest BCUT2D eigenvalue weighted by atomic mass is 9.93. The van der Waals surface area contributed by atoms with Crippen LogP contribution in [0.4, 0.5) is 0 Å². The number of carbonyl (C=O) groups excluding carboxylic acids is 1. The van der Waals surface area contributed by atoms with Crippen LogP contribution in [0.1, 0.15) is 33.4 Å². The van der Waals surface area contributed by atoms with Crippen LogP contribution in [0, 0.1) is 19.8 Å². The van der Waals surface area contributed by atoms with Crippen molar-refractivity contribution in [1.29, 1.82) is 0 Å². The number of aromatic nitrogens is 3. The van der Waals surface area contributed by atoms with Gasteiger partial charge in [-0.2, -0.15) is 5.10 Å². The number of hydrogen-bond acceptors (Lipinski definition) is 4. The summed E-state index contributed by atoms with van der Waals surface area (Å²) in [6.45, 7) is 5.79. The molecular weight excluding hydrogens is 304 g/mol. The lowest BCUT2D eigenvalue weighted by Crippen LogP contribution is -2.30. The first-order valence-electron chi connectivity index (χ1n) is 8.22. The van der Waals surface area contributed by atoms with E-state index in [0.29, 0.717) is 19.7 Å². The average molecular weight is 328 g/mol. The largest absolute Gasteiger partial charge is 0.384 e. The molecule has 6 heteroatoms. The first-order valence-corrected chi connectivity index (χ1v) is 8.22. The third-order valence-corrected chi connectivity index (χ3v) is 4.90. The maximum atomic E-state index is 13.0. The topological polar surface area (TPSA) is 60.2 Å². The fraction of sp³-hybridized carbons (Fsp3) is 0.500. The number of nitrogens with zero attached hydrogens (tertiary/aromatic N) is 4. The number of hydrogen-bond donors (Lipinski definition) is 0. The van der Waals surface area contributed by atoms with E-state index in [4.69, 9.17) is 4.74 Å². The van der Waals surface area contributed by atoms with Crippen LogP contribution in [-0.2, 0) is 11.8 Å². The standard InChI is InChI=1S/C18H24N4O2/c1-12-17(13(2)21(3)20-12)18(23)22-9-14(11-24-4)15(10-22)16-7-5-6-8-19-16/h5-8,14-15H,9-11H2,1-4H3/t14-,15+/m0/s1. The smallest absolute Gasteiger partial charge is 0.257 e. The maximum absolute atomic E-state index is 13.0. The van der Waals surface area contributed by atoms with Crippen LogP contribution in [0.3, 0.4) is 0 Å². The molecule has 0 radical (unpaired) electrons. The molecule has 0 bridgehead atoms. The Balaban J connectivity index is 1.86. The summed E-state index contributed by atoms with van der Waals surface area (Å²) in [5.74, 6) is 0.510. The highest BCUT2D eigenvalue weighted by Gasteiger charge is 2.38. The van der Waals surface area contributed by atoms with Crippen molar-refractivity contribution in [3.8, 4) is 0 Å². The third-order valence-electron chi connectivity index (χ3n) is 4.90. The van der Waals surface area contributed by atoms with Gasteiger partial charge in [0.1, 0.15) is 0 Å². The number of aryl methyl sites for hydroxylation is 2. The predicted octanol–water partition coefficient (Wildman–Crippen LogP) is 1.93. The number of carbonyl (C=O) groups is 1. The van der Waals surface area contributed by atoms with Gasteiger partial charge in [-0.25, -0.2) is 0 Å². The monoisotopic (exact) mass is 328 g/mol. The summed E-state index contributed by atoms with van der Waals surface area (Å²) in [6.07, 6.45) is 1.80. The zero-order valence-electron chi connectivity index (χ0n) is 14.7. The van der Waals surface area contributed by atoms with Gasteiger partial charge < -0.3 is 9.64 Å². The van der Waals surface area contributed by atoms with Gasteiger partial charge in [-0.3, -0.25) is 14.5 Å². The Labute approximate surface area is 142 Å². The van der Waals surface area contributed by atoms with E-state index in [0.717, 1.165) is 22.6 Å². The van der Waals surface area contributed by atoms with Gasteiger partial charge in [0.2, 0.25) is 0 Å². The highest BCUT2D eigenvalue weighted by molar-refractivity contribution is 5.96. The van der Waals surface area contributed by atoms with Gasteiger partial charge in [-0.15, -0.1) is 0 Å². The number of pyridine rings is 1. The second-order valence-corrected chi connectivity index (χ2v) is 6.46.